The molecule has 2 aromatic rings. The second-order valence-corrected chi connectivity index (χ2v) is 7.30. The van der Waals surface area contributed by atoms with E-state index >= 15 is 0 Å². The second-order valence-electron chi connectivity index (χ2n) is 6.13. The summed E-state index contributed by atoms with van der Waals surface area (Å²) in [5.41, 5.74) is 3.19. The van der Waals surface area contributed by atoms with Crippen molar-refractivity contribution in [2.45, 2.75) is 44.6 Å². The van der Waals surface area contributed by atoms with Crippen LogP contribution in [0.15, 0.2) is 6.33 Å². The fourth-order valence-corrected chi connectivity index (χ4v) is 4.50. The largest absolute Gasteiger partial charge is 0.354 e. The molecule has 0 saturated carbocycles. The van der Waals surface area contributed by atoms with Crippen molar-refractivity contribution < 1.29 is 4.79 Å². The molecule has 1 unspecified atom stereocenters. The number of nitrogens with one attached hydrogen (secondary N) is 3. The van der Waals surface area contributed by atoms with Gasteiger partial charge in [0, 0.05) is 36.5 Å². The summed E-state index contributed by atoms with van der Waals surface area (Å²) in [6.07, 6.45) is 8.20. The molecule has 1 aliphatic heterocycles. The van der Waals surface area contributed by atoms with Gasteiger partial charge in [-0.3, -0.25) is 4.79 Å². The molecule has 2 aromatic heterocycles. The fraction of sp³-hybridized carbons (Fsp3) is 0.562. The number of hydrogen-bond donors (Lipinski definition) is 3. The molecule has 0 bridgehead atoms. The van der Waals surface area contributed by atoms with E-state index in [1.54, 1.807) is 6.33 Å². The molecular weight excluding hydrogens is 310 g/mol. The van der Waals surface area contributed by atoms with E-state index < -0.39 is 0 Å². The van der Waals surface area contributed by atoms with Crippen molar-refractivity contribution in [3.63, 3.8) is 0 Å². The highest BCUT2D eigenvalue weighted by molar-refractivity contribution is 7.11. The zero-order chi connectivity index (χ0) is 15.6. The van der Waals surface area contributed by atoms with Crippen LogP contribution in [-0.4, -0.2) is 33.9 Å². The highest BCUT2D eigenvalue weighted by atomic mass is 32.1. The third kappa shape index (κ3) is 3.03. The lowest BCUT2D eigenvalue weighted by Crippen LogP contribution is -2.42. The maximum Gasteiger partial charge on any atom is 0.243 e. The van der Waals surface area contributed by atoms with Crippen molar-refractivity contribution in [1.29, 1.82) is 0 Å². The molecular formula is C16H21N5OS. The Morgan fingerprint density at radius 2 is 2.26 bits per heavy atom. The number of thiazole rings is 1. The number of carbonyl (C=O) groups excluding carboxylic acids is 1. The van der Waals surface area contributed by atoms with Crippen LogP contribution in [0.4, 0.5) is 0 Å². The number of aromatic nitrogens is 3. The maximum atomic E-state index is 12.4. The average Bonchev–Trinajstić information content (AvgIpc) is 3.20. The van der Waals surface area contributed by atoms with Crippen LogP contribution in [0.3, 0.4) is 0 Å². The van der Waals surface area contributed by atoms with E-state index in [0.717, 1.165) is 42.2 Å². The molecule has 1 amide bonds. The van der Waals surface area contributed by atoms with Gasteiger partial charge in [-0.15, -0.1) is 11.3 Å². The molecule has 0 aromatic carbocycles. The van der Waals surface area contributed by atoms with Crippen molar-refractivity contribution >= 4 is 17.2 Å². The van der Waals surface area contributed by atoms with E-state index in [1.165, 1.54) is 29.8 Å². The number of H-pyrrole nitrogens is 1. The molecule has 0 radical (unpaired) electrons. The summed E-state index contributed by atoms with van der Waals surface area (Å²) in [6, 6.07) is -0.338. The Hall–Kier alpha value is -1.73. The van der Waals surface area contributed by atoms with Gasteiger partial charge in [-0.25, -0.2) is 9.97 Å². The first-order valence-corrected chi connectivity index (χ1v) is 9.13. The summed E-state index contributed by atoms with van der Waals surface area (Å²) in [4.78, 5) is 26.0. The van der Waals surface area contributed by atoms with Gasteiger partial charge in [0.15, 0.2) is 0 Å². The molecule has 3 heterocycles. The van der Waals surface area contributed by atoms with Crippen molar-refractivity contribution in [2.24, 2.45) is 0 Å². The Labute approximate surface area is 139 Å². The molecule has 0 spiro atoms. The summed E-state index contributed by atoms with van der Waals surface area (Å²) < 4.78 is 0. The normalized spacial score (nSPS) is 19.9. The van der Waals surface area contributed by atoms with Crippen LogP contribution in [0.5, 0.6) is 0 Å². The van der Waals surface area contributed by atoms with Crippen molar-refractivity contribution in [2.75, 3.05) is 13.1 Å². The molecule has 0 saturated heterocycles. The van der Waals surface area contributed by atoms with E-state index in [2.05, 4.69) is 20.6 Å². The molecule has 3 N–H and O–H groups in total. The Bertz CT molecular complexity index is 684. The molecule has 0 fully saturated rings. The van der Waals surface area contributed by atoms with Gasteiger partial charge in [-0.05, 0) is 25.7 Å². The van der Waals surface area contributed by atoms with Crippen LogP contribution in [0.1, 0.15) is 45.9 Å². The third-order valence-electron chi connectivity index (χ3n) is 4.54. The number of imidazole rings is 1. The summed E-state index contributed by atoms with van der Waals surface area (Å²) in [6.45, 7) is 1.43. The molecule has 1 atom stereocenters. The van der Waals surface area contributed by atoms with Crippen molar-refractivity contribution in [3.05, 3.63) is 33.3 Å². The number of amides is 1. The zero-order valence-electron chi connectivity index (χ0n) is 13.0. The third-order valence-corrected chi connectivity index (χ3v) is 5.76. The predicted molar refractivity (Wildman–Crippen MR) is 88.5 cm³/mol. The first-order valence-electron chi connectivity index (χ1n) is 8.32. The number of aryl methyl sites for hydroxylation is 2. The van der Waals surface area contributed by atoms with Crippen LogP contribution in [-0.2, 0) is 30.5 Å². The van der Waals surface area contributed by atoms with E-state index in [9.17, 15) is 4.79 Å². The lowest BCUT2D eigenvalue weighted by atomic mass is 10.0. The summed E-state index contributed by atoms with van der Waals surface area (Å²) >= 11 is 1.82. The van der Waals surface area contributed by atoms with E-state index in [-0.39, 0.29) is 11.9 Å². The average molecular weight is 331 g/mol. The molecule has 23 heavy (non-hydrogen) atoms. The maximum absolute atomic E-state index is 12.4. The minimum absolute atomic E-state index is 0.000584. The van der Waals surface area contributed by atoms with Gasteiger partial charge in [-0.1, -0.05) is 0 Å². The van der Waals surface area contributed by atoms with Crippen LogP contribution in [0.25, 0.3) is 0 Å². The molecule has 122 valence electrons. The van der Waals surface area contributed by atoms with Gasteiger partial charge in [0.2, 0.25) is 5.91 Å². The Morgan fingerprint density at radius 1 is 1.35 bits per heavy atom. The van der Waals surface area contributed by atoms with Crippen LogP contribution in [0, 0.1) is 0 Å². The minimum atomic E-state index is -0.338. The predicted octanol–water partition coefficient (Wildman–Crippen LogP) is 1.29. The van der Waals surface area contributed by atoms with Crippen LogP contribution >= 0.6 is 11.3 Å². The Balaban J connectivity index is 1.33. The topological polar surface area (TPSA) is 82.7 Å². The molecule has 7 heteroatoms. The van der Waals surface area contributed by atoms with Crippen molar-refractivity contribution in [1.82, 2.24) is 25.6 Å². The molecule has 2 aliphatic rings. The first kappa shape index (κ1) is 14.8. The number of fused-ring (bicyclic) bond motifs is 2. The van der Waals surface area contributed by atoms with Crippen molar-refractivity contribution in [3.8, 4) is 0 Å². The highest BCUT2D eigenvalue weighted by Crippen LogP contribution is 2.26. The lowest BCUT2D eigenvalue weighted by Gasteiger charge is -2.22. The summed E-state index contributed by atoms with van der Waals surface area (Å²) in [5, 5.41) is 7.41. The lowest BCUT2D eigenvalue weighted by molar-refractivity contribution is -0.123. The van der Waals surface area contributed by atoms with Gasteiger partial charge in [-0.2, -0.15) is 0 Å². The molecule has 4 rings (SSSR count). The zero-order valence-corrected chi connectivity index (χ0v) is 13.8. The van der Waals surface area contributed by atoms with Crippen LogP contribution in [0.2, 0.25) is 0 Å². The number of hydrogen-bond acceptors (Lipinski definition) is 5. The fourth-order valence-electron chi connectivity index (χ4n) is 3.34. The highest BCUT2D eigenvalue weighted by Gasteiger charge is 2.28. The van der Waals surface area contributed by atoms with Gasteiger partial charge < -0.3 is 15.6 Å². The summed E-state index contributed by atoms with van der Waals surface area (Å²) in [5.74, 6) is -0.000584. The molecule has 1 aliphatic carbocycles. The second kappa shape index (κ2) is 6.41. The van der Waals surface area contributed by atoms with Gasteiger partial charge in [0.1, 0.15) is 6.04 Å². The minimum Gasteiger partial charge on any atom is -0.354 e. The monoisotopic (exact) mass is 331 g/mol. The van der Waals surface area contributed by atoms with Crippen LogP contribution < -0.4 is 10.6 Å². The number of aromatic amines is 1. The van der Waals surface area contributed by atoms with Gasteiger partial charge in [0.05, 0.1) is 22.7 Å². The SMILES string of the molecule is O=C(NCCc1nc2c(s1)CCCC2)C1NCCc2[nH]cnc21. The smallest absolute Gasteiger partial charge is 0.243 e. The number of rotatable bonds is 4. The van der Waals surface area contributed by atoms with E-state index in [1.807, 2.05) is 11.3 Å². The Kier molecular flexibility index (Phi) is 4.13. The van der Waals surface area contributed by atoms with Gasteiger partial charge in [0.25, 0.3) is 0 Å². The standard InChI is InChI=1S/C16H21N5OS/c22-16(15-14-11(5-7-17-15)19-9-20-14)18-8-6-13-21-10-3-1-2-4-12(10)23-13/h9,15,17H,1-8H2,(H,18,22)(H,19,20). The number of carbonyl (C=O) groups is 1. The first-order chi connectivity index (χ1) is 11.3. The van der Waals surface area contributed by atoms with E-state index in [4.69, 9.17) is 4.98 Å². The van der Waals surface area contributed by atoms with Gasteiger partial charge >= 0.3 is 0 Å². The molecule has 6 nitrogen and oxygen atoms in total. The summed E-state index contributed by atoms with van der Waals surface area (Å²) in [7, 11) is 0. The Morgan fingerprint density at radius 3 is 3.17 bits per heavy atom. The quantitative estimate of drug-likeness (QED) is 0.788. The number of nitrogens with zero attached hydrogens (tertiary/aromatic N) is 2. The van der Waals surface area contributed by atoms with E-state index in [0.29, 0.717) is 6.54 Å².